The van der Waals surface area contributed by atoms with Crippen LogP contribution in [0, 0.1) is 6.92 Å². The molecule has 0 spiro atoms. The average molecular weight is 311 g/mol. The van der Waals surface area contributed by atoms with Crippen molar-refractivity contribution in [1.82, 2.24) is 5.32 Å². The van der Waals surface area contributed by atoms with Crippen LogP contribution >= 0.6 is 11.3 Å². The van der Waals surface area contributed by atoms with Gasteiger partial charge in [0.25, 0.3) is 5.91 Å². The van der Waals surface area contributed by atoms with Crippen LogP contribution in [0.3, 0.4) is 0 Å². The first-order valence-electron chi connectivity index (χ1n) is 7.16. The maximum Gasteiger partial charge on any atom is 0.251 e. The number of hydrogen-bond acceptors (Lipinski definition) is 3. The molecule has 22 heavy (non-hydrogen) atoms. The number of furan rings is 1. The van der Waals surface area contributed by atoms with Gasteiger partial charge < -0.3 is 9.73 Å². The summed E-state index contributed by atoms with van der Waals surface area (Å²) < 4.78 is 5.54. The zero-order chi connectivity index (χ0) is 15.4. The Morgan fingerprint density at radius 1 is 1.18 bits per heavy atom. The van der Waals surface area contributed by atoms with Gasteiger partial charge in [0.1, 0.15) is 5.76 Å². The Hall–Kier alpha value is -2.33. The van der Waals surface area contributed by atoms with Crippen molar-refractivity contribution in [3.63, 3.8) is 0 Å². The molecule has 0 radical (unpaired) electrons. The molecule has 0 unspecified atom stereocenters. The second kappa shape index (κ2) is 6.62. The third-order valence-electron chi connectivity index (χ3n) is 3.63. The van der Waals surface area contributed by atoms with E-state index in [9.17, 15) is 4.79 Å². The lowest BCUT2D eigenvalue weighted by atomic mass is 10.0. The molecular weight excluding hydrogens is 294 g/mol. The summed E-state index contributed by atoms with van der Waals surface area (Å²) in [4.78, 5) is 13.6. The van der Waals surface area contributed by atoms with Crippen LogP contribution in [0.5, 0.6) is 0 Å². The lowest BCUT2D eigenvalue weighted by molar-refractivity contribution is 0.0951. The molecule has 0 saturated carbocycles. The van der Waals surface area contributed by atoms with E-state index >= 15 is 0 Å². The molecule has 4 heteroatoms. The first-order chi connectivity index (χ1) is 10.8. The highest BCUT2D eigenvalue weighted by molar-refractivity contribution is 7.10. The Bertz CT molecular complexity index is 698. The number of carbonyl (C=O) groups is 1. The quantitative estimate of drug-likeness (QED) is 0.767. The van der Waals surface area contributed by atoms with Crippen molar-refractivity contribution in [3.05, 3.63) is 81.9 Å². The standard InChI is InChI=1S/C18H17NO2S/c1-13-6-2-3-7-14(13)18(20)19-12-15(16-8-4-10-21-16)17-9-5-11-22-17/h2-11,15H,12H2,1H3,(H,19,20)/t15-/m1/s1. The fourth-order valence-corrected chi connectivity index (χ4v) is 3.27. The van der Waals surface area contributed by atoms with Crippen molar-refractivity contribution in [2.45, 2.75) is 12.8 Å². The summed E-state index contributed by atoms with van der Waals surface area (Å²) in [7, 11) is 0. The van der Waals surface area contributed by atoms with E-state index in [0.29, 0.717) is 12.1 Å². The predicted octanol–water partition coefficient (Wildman–Crippen LogP) is 4.21. The second-order valence-electron chi connectivity index (χ2n) is 5.11. The highest BCUT2D eigenvalue weighted by atomic mass is 32.1. The number of rotatable bonds is 5. The highest BCUT2D eigenvalue weighted by Crippen LogP contribution is 2.28. The number of amides is 1. The molecule has 3 rings (SSSR count). The Morgan fingerprint density at radius 2 is 2.05 bits per heavy atom. The molecule has 3 aromatic rings. The van der Waals surface area contributed by atoms with Crippen molar-refractivity contribution in [1.29, 1.82) is 0 Å². The van der Waals surface area contributed by atoms with E-state index < -0.39 is 0 Å². The van der Waals surface area contributed by atoms with E-state index in [1.807, 2.05) is 54.8 Å². The summed E-state index contributed by atoms with van der Waals surface area (Å²) >= 11 is 1.67. The molecule has 0 bridgehead atoms. The third-order valence-corrected chi connectivity index (χ3v) is 4.62. The molecule has 1 amide bonds. The molecule has 0 saturated heterocycles. The van der Waals surface area contributed by atoms with Crippen LogP contribution in [0.4, 0.5) is 0 Å². The van der Waals surface area contributed by atoms with Gasteiger partial charge in [0.2, 0.25) is 0 Å². The van der Waals surface area contributed by atoms with E-state index in [0.717, 1.165) is 11.3 Å². The van der Waals surface area contributed by atoms with Crippen molar-refractivity contribution in [2.75, 3.05) is 6.54 Å². The van der Waals surface area contributed by atoms with Crippen LogP contribution < -0.4 is 5.32 Å². The summed E-state index contributed by atoms with van der Waals surface area (Å²) in [5.41, 5.74) is 1.69. The topological polar surface area (TPSA) is 42.2 Å². The van der Waals surface area contributed by atoms with Gasteiger partial charge in [-0.3, -0.25) is 4.79 Å². The van der Waals surface area contributed by atoms with Gasteiger partial charge >= 0.3 is 0 Å². The lowest BCUT2D eigenvalue weighted by Gasteiger charge is -2.15. The molecule has 1 N–H and O–H groups in total. The van der Waals surface area contributed by atoms with E-state index in [4.69, 9.17) is 4.42 Å². The lowest BCUT2D eigenvalue weighted by Crippen LogP contribution is -2.29. The number of thiophene rings is 1. The Balaban J connectivity index is 1.75. The number of benzene rings is 1. The van der Waals surface area contributed by atoms with Crippen LogP contribution in [-0.4, -0.2) is 12.5 Å². The maximum atomic E-state index is 12.4. The Kier molecular flexibility index (Phi) is 4.39. The summed E-state index contributed by atoms with van der Waals surface area (Å²) in [6.45, 7) is 2.46. The fourth-order valence-electron chi connectivity index (χ4n) is 2.44. The van der Waals surface area contributed by atoms with Crippen molar-refractivity contribution >= 4 is 17.2 Å². The SMILES string of the molecule is Cc1ccccc1C(=O)NC[C@H](c1ccco1)c1cccs1. The summed E-state index contributed by atoms with van der Waals surface area (Å²) in [5.74, 6) is 0.863. The zero-order valence-corrected chi connectivity index (χ0v) is 13.1. The molecule has 1 aromatic carbocycles. The molecular formula is C18H17NO2S. The second-order valence-corrected chi connectivity index (χ2v) is 6.09. The van der Waals surface area contributed by atoms with Gasteiger partial charge in [0.15, 0.2) is 0 Å². The fraction of sp³-hybridized carbons (Fsp3) is 0.167. The van der Waals surface area contributed by atoms with E-state index in [2.05, 4.69) is 11.4 Å². The Labute approximate surface area is 133 Å². The van der Waals surface area contributed by atoms with Crippen LogP contribution in [-0.2, 0) is 0 Å². The molecule has 0 aliphatic rings. The third kappa shape index (κ3) is 3.12. The summed E-state index contributed by atoms with van der Waals surface area (Å²) in [6, 6.07) is 15.5. The molecule has 2 aromatic heterocycles. The van der Waals surface area contributed by atoms with Gasteiger partial charge in [-0.2, -0.15) is 0 Å². The van der Waals surface area contributed by atoms with E-state index in [-0.39, 0.29) is 11.8 Å². The minimum absolute atomic E-state index is 0.0444. The first kappa shape index (κ1) is 14.6. The zero-order valence-electron chi connectivity index (χ0n) is 12.3. The van der Waals surface area contributed by atoms with Crippen molar-refractivity contribution < 1.29 is 9.21 Å². The monoisotopic (exact) mass is 311 g/mol. The first-order valence-corrected chi connectivity index (χ1v) is 8.04. The molecule has 0 fully saturated rings. The van der Waals surface area contributed by atoms with Gasteiger partial charge in [-0.1, -0.05) is 24.3 Å². The highest BCUT2D eigenvalue weighted by Gasteiger charge is 2.19. The van der Waals surface area contributed by atoms with Crippen LogP contribution in [0.15, 0.2) is 64.6 Å². The minimum atomic E-state index is -0.0498. The van der Waals surface area contributed by atoms with Gasteiger partial charge in [-0.25, -0.2) is 0 Å². The van der Waals surface area contributed by atoms with Gasteiger partial charge in [0.05, 0.1) is 12.2 Å². The number of carbonyl (C=O) groups excluding carboxylic acids is 1. The number of nitrogens with one attached hydrogen (secondary N) is 1. The van der Waals surface area contributed by atoms with E-state index in [1.165, 1.54) is 4.88 Å². The average Bonchev–Trinajstić information content (AvgIpc) is 3.21. The normalized spacial score (nSPS) is 12.0. The molecule has 0 aliphatic carbocycles. The van der Waals surface area contributed by atoms with Crippen molar-refractivity contribution in [3.8, 4) is 0 Å². The van der Waals surface area contributed by atoms with Crippen LogP contribution in [0.25, 0.3) is 0 Å². The summed E-state index contributed by atoms with van der Waals surface area (Å²) in [5, 5.41) is 5.06. The Morgan fingerprint density at radius 3 is 2.73 bits per heavy atom. The number of hydrogen-bond donors (Lipinski definition) is 1. The molecule has 3 nitrogen and oxygen atoms in total. The van der Waals surface area contributed by atoms with Crippen LogP contribution in [0.2, 0.25) is 0 Å². The predicted molar refractivity (Wildman–Crippen MR) is 88.4 cm³/mol. The number of aryl methyl sites for hydroxylation is 1. The largest absolute Gasteiger partial charge is 0.469 e. The summed E-state index contributed by atoms with van der Waals surface area (Å²) in [6.07, 6.45) is 1.67. The molecule has 112 valence electrons. The van der Waals surface area contributed by atoms with Gasteiger partial charge in [-0.05, 0) is 42.1 Å². The van der Waals surface area contributed by atoms with Crippen molar-refractivity contribution in [2.24, 2.45) is 0 Å². The molecule has 1 atom stereocenters. The maximum absolute atomic E-state index is 12.4. The molecule has 0 aliphatic heterocycles. The smallest absolute Gasteiger partial charge is 0.251 e. The van der Waals surface area contributed by atoms with Gasteiger partial charge in [0, 0.05) is 17.0 Å². The van der Waals surface area contributed by atoms with E-state index in [1.54, 1.807) is 17.6 Å². The van der Waals surface area contributed by atoms with Gasteiger partial charge in [-0.15, -0.1) is 11.3 Å². The van der Waals surface area contributed by atoms with Crippen LogP contribution in [0.1, 0.15) is 32.5 Å². The minimum Gasteiger partial charge on any atom is -0.469 e. The molecule has 2 heterocycles.